The number of benzene rings is 1. The van der Waals surface area contributed by atoms with Gasteiger partial charge in [-0.25, -0.2) is 4.39 Å². The first kappa shape index (κ1) is 23.3. The molecule has 142 valence electrons. The number of nitrogens with one attached hydrogen (secondary N) is 1. The van der Waals surface area contributed by atoms with Crippen LogP contribution in [-0.4, -0.2) is 40.0 Å². The molecule has 0 saturated heterocycles. The van der Waals surface area contributed by atoms with Crippen molar-refractivity contribution >= 4 is 24.3 Å². The summed E-state index contributed by atoms with van der Waals surface area (Å²) in [5.41, 5.74) is 0.232. The summed E-state index contributed by atoms with van der Waals surface area (Å²) < 4.78 is 13.4. The monoisotopic (exact) mass is 374 g/mol. The van der Waals surface area contributed by atoms with Crippen molar-refractivity contribution in [3.05, 3.63) is 35.6 Å². The Balaban J connectivity index is 0.00000576. The number of carbonyl (C=O) groups excluding carboxylic acids is 1. The lowest BCUT2D eigenvalue weighted by molar-refractivity contribution is -0.140. The molecule has 7 heteroatoms. The summed E-state index contributed by atoms with van der Waals surface area (Å²) in [6.45, 7) is 7.78. The standard InChI is InChI=1S/C18H27FN2O3.ClH/c1-5-7-15(17(23)24)20-11-16(22)21(18(2,3)4)12-13-8-6-9-14(19)10-13;/h6,8-10,15,20H,5,7,11-12H2,1-4H3,(H,23,24);1H. The number of hydrogen-bond donors (Lipinski definition) is 2. The molecule has 0 aliphatic rings. The van der Waals surface area contributed by atoms with E-state index in [0.29, 0.717) is 18.4 Å². The van der Waals surface area contributed by atoms with Crippen molar-refractivity contribution in [1.29, 1.82) is 0 Å². The highest BCUT2D eigenvalue weighted by atomic mass is 35.5. The summed E-state index contributed by atoms with van der Waals surface area (Å²) >= 11 is 0. The molecule has 0 aliphatic carbocycles. The molecule has 1 rings (SSSR count). The summed E-state index contributed by atoms with van der Waals surface area (Å²) in [5, 5.41) is 12.0. The van der Waals surface area contributed by atoms with Gasteiger partial charge in [0.1, 0.15) is 11.9 Å². The van der Waals surface area contributed by atoms with Gasteiger partial charge in [-0.1, -0.05) is 25.5 Å². The van der Waals surface area contributed by atoms with Crippen LogP contribution >= 0.6 is 12.4 Å². The smallest absolute Gasteiger partial charge is 0.320 e. The van der Waals surface area contributed by atoms with Crippen LogP contribution in [0.3, 0.4) is 0 Å². The molecule has 0 aromatic heterocycles. The molecular weight excluding hydrogens is 347 g/mol. The van der Waals surface area contributed by atoms with Crippen molar-refractivity contribution in [2.75, 3.05) is 6.54 Å². The first-order chi connectivity index (χ1) is 11.1. The van der Waals surface area contributed by atoms with Crippen LogP contribution in [0, 0.1) is 5.82 Å². The molecule has 0 saturated carbocycles. The average Bonchev–Trinajstić information content (AvgIpc) is 2.47. The third-order valence-corrected chi connectivity index (χ3v) is 3.72. The second kappa shape index (κ2) is 10.4. The summed E-state index contributed by atoms with van der Waals surface area (Å²) in [5.74, 6) is -1.52. The fraction of sp³-hybridized carbons (Fsp3) is 0.556. The zero-order valence-electron chi connectivity index (χ0n) is 15.2. The highest BCUT2D eigenvalue weighted by Gasteiger charge is 2.27. The second-order valence-electron chi connectivity index (χ2n) is 6.84. The topological polar surface area (TPSA) is 69.6 Å². The Morgan fingerprint density at radius 2 is 1.96 bits per heavy atom. The van der Waals surface area contributed by atoms with Crippen molar-refractivity contribution in [2.24, 2.45) is 0 Å². The molecule has 0 aliphatic heterocycles. The summed E-state index contributed by atoms with van der Waals surface area (Å²) in [6, 6.07) is 5.39. The maximum atomic E-state index is 13.4. The van der Waals surface area contributed by atoms with Crippen molar-refractivity contribution in [1.82, 2.24) is 10.2 Å². The van der Waals surface area contributed by atoms with E-state index in [2.05, 4.69) is 5.32 Å². The van der Waals surface area contributed by atoms with Gasteiger partial charge < -0.3 is 10.0 Å². The van der Waals surface area contributed by atoms with E-state index in [1.807, 2.05) is 27.7 Å². The fourth-order valence-corrected chi connectivity index (χ4v) is 2.42. The van der Waals surface area contributed by atoms with Crippen molar-refractivity contribution in [3.63, 3.8) is 0 Å². The van der Waals surface area contributed by atoms with E-state index in [9.17, 15) is 14.0 Å². The van der Waals surface area contributed by atoms with Crippen LogP contribution in [0.2, 0.25) is 0 Å². The lowest BCUT2D eigenvalue weighted by Gasteiger charge is -2.36. The van der Waals surface area contributed by atoms with Crippen molar-refractivity contribution < 1.29 is 19.1 Å². The van der Waals surface area contributed by atoms with E-state index in [4.69, 9.17) is 5.11 Å². The van der Waals surface area contributed by atoms with Gasteiger partial charge >= 0.3 is 5.97 Å². The zero-order valence-corrected chi connectivity index (χ0v) is 16.0. The second-order valence-corrected chi connectivity index (χ2v) is 6.84. The Hall–Kier alpha value is -1.66. The van der Waals surface area contributed by atoms with Crippen LogP contribution in [0.25, 0.3) is 0 Å². The van der Waals surface area contributed by atoms with Gasteiger partial charge in [0, 0.05) is 12.1 Å². The van der Waals surface area contributed by atoms with Crippen LogP contribution in [-0.2, 0) is 16.1 Å². The van der Waals surface area contributed by atoms with E-state index in [-0.39, 0.29) is 37.2 Å². The van der Waals surface area contributed by atoms with Crippen LogP contribution < -0.4 is 5.32 Å². The minimum Gasteiger partial charge on any atom is -0.480 e. The third kappa shape index (κ3) is 7.84. The largest absolute Gasteiger partial charge is 0.480 e. The highest BCUT2D eigenvalue weighted by molar-refractivity contribution is 5.85. The van der Waals surface area contributed by atoms with Gasteiger partial charge in [0.25, 0.3) is 0 Å². The van der Waals surface area contributed by atoms with E-state index in [1.54, 1.807) is 17.0 Å². The molecule has 1 atom stereocenters. The minimum absolute atomic E-state index is 0. The van der Waals surface area contributed by atoms with Gasteiger partial charge in [0.05, 0.1) is 6.54 Å². The van der Waals surface area contributed by atoms with E-state index in [1.165, 1.54) is 12.1 Å². The molecule has 0 bridgehead atoms. The van der Waals surface area contributed by atoms with Gasteiger partial charge in [-0.2, -0.15) is 0 Å². The molecule has 1 aromatic carbocycles. The first-order valence-corrected chi connectivity index (χ1v) is 8.16. The van der Waals surface area contributed by atoms with Gasteiger partial charge in [0.2, 0.25) is 5.91 Å². The number of halogens is 2. The van der Waals surface area contributed by atoms with Crippen molar-refractivity contribution in [2.45, 2.75) is 58.7 Å². The number of hydrogen-bond acceptors (Lipinski definition) is 3. The Morgan fingerprint density at radius 1 is 1.32 bits per heavy atom. The van der Waals surface area contributed by atoms with E-state index < -0.39 is 17.6 Å². The predicted molar refractivity (Wildman–Crippen MR) is 98.3 cm³/mol. The molecule has 1 aromatic rings. The van der Waals surface area contributed by atoms with Crippen LogP contribution in [0.5, 0.6) is 0 Å². The maximum absolute atomic E-state index is 13.4. The quantitative estimate of drug-likeness (QED) is 0.733. The van der Waals surface area contributed by atoms with Gasteiger partial charge in [-0.3, -0.25) is 14.9 Å². The van der Waals surface area contributed by atoms with Gasteiger partial charge in [-0.15, -0.1) is 12.4 Å². The Morgan fingerprint density at radius 3 is 2.44 bits per heavy atom. The SMILES string of the molecule is CCCC(NCC(=O)N(Cc1cccc(F)c1)C(C)(C)C)C(=O)O.Cl. The van der Waals surface area contributed by atoms with Crippen molar-refractivity contribution in [3.8, 4) is 0 Å². The van der Waals surface area contributed by atoms with E-state index in [0.717, 1.165) is 0 Å². The third-order valence-electron chi connectivity index (χ3n) is 3.72. The minimum atomic E-state index is -0.961. The normalized spacial score (nSPS) is 12.2. The molecule has 0 fully saturated rings. The molecule has 0 radical (unpaired) electrons. The molecule has 2 N–H and O–H groups in total. The fourth-order valence-electron chi connectivity index (χ4n) is 2.42. The molecular formula is C18H28ClFN2O3. The number of amides is 1. The first-order valence-electron chi connectivity index (χ1n) is 8.16. The van der Waals surface area contributed by atoms with Crippen LogP contribution in [0.4, 0.5) is 4.39 Å². The number of carboxylic acids is 1. The molecule has 5 nitrogen and oxygen atoms in total. The molecule has 0 heterocycles. The molecule has 0 spiro atoms. The molecule has 1 amide bonds. The summed E-state index contributed by atoms with van der Waals surface area (Å²) in [4.78, 5) is 25.4. The van der Waals surface area contributed by atoms with Gasteiger partial charge in [0.15, 0.2) is 0 Å². The predicted octanol–water partition coefficient (Wildman–Crippen LogP) is 3.22. The highest BCUT2D eigenvalue weighted by Crippen LogP contribution is 2.18. The lowest BCUT2D eigenvalue weighted by Crippen LogP contribution is -2.50. The summed E-state index contributed by atoms with van der Waals surface area (Å²) in [7, 11) is 0. The molecule has 25 heavy (non-hydrogen) atoms. The van der Waals surface area contributed by atoms with E-state index >= 15 is 0 Å². The number of carbonyl (C=O) groups is 2. The van der Waals surface area contributed by atoms with Crippen LogP contribution in [0.1, 0.15) is 46.1 Å². The van der Waals surface area contributed by atoms with Gasteiger partial charge in [-0.05, 0) is 44.9 Å². The number of nitrogens with zero attached hydrogens (tertiary/aromatic N) is 1. The number of aliphatic carboxylic acids is 1. The maximum Gasteiger partial charge on any atom is 0.320 e. The summed E-state index contributed by atoms with van der Waals surface area (Å²) in [6.07, 6.45) is 1.17. The number of carboxylic acid groups (broad SMARTS) is 1. The Bertz CT molecular complexity index is 576. The average molecular weight is 375 g/mol. The zero-order chi connectivity index (χ0) is 18.3. The van der Waals surface area contributed by atoms with Crippen LogP contribution in [0.15, 0.2) is 24.3 Å². The Labute approximate surface area is 155 Å². The molecule has 1 unspecified atom stereocenters. The lowest BCUT2D eigenvalue weighted by atomic mass is 10.0. The number of rotatable bonds is 8. The Kier molecular flexibility index (Phi) is 9.67.